The summed E-state index contributed by atoms with van der Waals surface area (Å²) in [5.41, 5.74) is 0.279. The van der Waals surface area contributed by atoms with Gasteiger partial charge in [-0.05, 0) is 54.8 Å². The molecule has 4 nitrogen and oxygen atoms in total. The van der Waals surface area contributed by atoms with Crippen LogP contribution in [0.25, 0.3) is 0 Å². The predicted octanol–water partition coefficient (Wildman–Crippen LogP) is 4.60. The minimum atomic E-state index is -4.44. The highest BCUT2D eigenvalue weighted by atomic mass is 35.5. The third-order valence-electron chi connectivity index (χ3n) is 4.63. The number of halogens is 5. The van der Waals surface area contributed by atoms with E-state index in [4.69, 9.17) is 11.6 Å². The fourth-order valence-electron chi connectivity index (χ4n) is 3.22. The number of aryl methyl sites for hydroxylation is 1. The van der Waals surface area contributed by atoms with Crippen molar-refractivity contribution in [1.29, 1.82) is 0 Å². The number of hydrogen-bond donors (Lipinski definition) is 1. The van der Waals surface area contributed by atoms with Gasteiger partial charge in [0.2, 0.25) is 5.91 Å². The molecule has 1 aliphatic heterocycles. The first-order chi connectivity index (χ1) is 13.7. The predicted molar refractivity (Wildman–Crippen MR) is 100 cm³/mol. The molecule has 0 unspecified atom stereocenters. The zero-order chi connectivity index (χ0) is 21.2. The summed E-state index contributed by atoms with van der Waals surface area (Å²) in [6.07, 6.45) is -3.46. The highest BCUT2D eigenvalue weighted by molar-refractivity contribution is 6.33. The largest absolute Gasteiger partial charge is 0.416 e. The zero-order valence-electron chi connectivity index (χ0n) is 15.2. The van der Waals surface area contributed by atoms with Crippen molar-refractivity contribution in [3.05, 3.63) is 63.9 Å². The minimum absolute atomic E-state index is 0.0117. The summed E-state index contributed by atoms with van der Waals surface area (Å²) in [6.45, 7) is 0.409. The van der Waals surface area contributed by atoms with E-state index in [2.05, 4.69) is 5.32 Å². The van der Waals surface area contributed by atoms with E-state index in [9.17, 15) is 27.2 Å². The Hall–Kier alpha value is -2.61. The van der Waals surface area contributed by atoms with Crippen molar-refractivity contribution in [3.63, 3.8) is 0 Å². The van der Waals surface area contributed by atoms with Crippen molar-refractivity contribution < 1.29 is 27.2 Å². The molecule has 1 N–H and O–H groups in total. The smallest absolute Gasteiger partial charge is 0.351 e. The van der Waals surface area contributed by atoms with Crippen LogP contribution in [-0.4, -0.2) is 24.9 Å². The number of carbonyl (C=O) groups is 2. The van der Waals surface area contributed by atoms with Crippen LogP contribution >= 0.6 is 11.6 Å². The normalized spacial score (nSPS) is 13.8. The molecule has 0 bridgehead atoms. The molecule has 0 aromatic heterocycles. The van der Waals surface area contributed by atoms with Crippen LogP contribution in [0.4, 0.5) is 23.2 Å². The van der Waals surface area contributed by atoms with Crippen molar-refractivity contribution in [1.82, 2.24) is 5.32 Å². The number of hydrogen-bond acceptors (Lipinski definition) is 2. The van der Waals surface area contributed by atoms with E-state index in [1.807, 2.05) is 0 Å². The van der Waals surface area contributed by atoms with Crippen LogP contribution in [0, 0.1) is 5.82 Å². The summed E-state index contributed by atoms with van der Waals surface area (Å²) < 4.78 is 51.7. The number of anilines is 1. The molecule has 0 saturated carbocycles. The number of nitrogens with one attached hydrogen (secondary N) is 1. The lowest BCUT2D eigenvalue weighted by molar-refractivity contribution is -0.137. The number of rotatable bonds is 4. The van der Waals surface area contributed by atoms with Crippen LogP contribution in [0.2, 0.25) is 5.02 Å². The second-order valence-electron chi connectivity index (χ2n) is 6.62. The molecule has 2 aromatic carbocycles. The zero-order valence-corrected chi connectivity index (χ0v) is 15.9. The lowest BCUT2D eigenvalue weighted by Crippen LogP contribution is -2.38. The van der Waals surface area contributed by atoms with Crippen LogP contribution < -0.4 is 10.2 Å². The standard InChI is InChI=1S/C20H17ClF4N2O2/c21-16-11-14(22)4-5-15(16)19(29)26-8-7-18(28)27-9-1-2-12-10-13(20(23,24)25)3-6-17(12)27/h3-6,10-11H,1-2,7-9H2,(H,26,29). The first-order valence-corrected chi connectivity index (χ1v) is 9.28. The molecule has 2 amide bonds. The molecular formula is C20H17ClF4N2O2. The van der Waals surface area contributed by atoms with E-state index in [0.29, 0.717) is 30.6 Å². The second-order valence-corrected chi connectivity index (χ2v) is 7.03. The van der Waals surface area contributed by atoms with Gasteiger partial charge in [0.1, 0.15) is 5.82 Å². The Morgan fingerprint density at radius 3 is 2.59 bits per heavy atom. The molecule has 154 valence electrons. The van der Waals surface area contributed by atoms with Gasteiger partial charge in [-0.25, -0.2) is 4.39 Å². The minimum Gasteiger partial charge on any atom is -0.351 e. The topological polar surface area (TPSA) is 49.4 Å². The lowest BCUT2D eigenvalue weighted by atomic mass is 9.98. The van der Waals surface area contributed by atoms with Gasteiger partial charge in [-0.3, -0.25) is 9.59 Å². The van der Waals surface area contributed by atoms with Crippen LogP contribution in [-0.2, 0) is 17.4 Å². The Morgan fingerprint density at radius 1 is 1.14 bits per heavy atom. The van der Waals surface area contributed by atoms with E-state index in [0.717, 1.165) is 24.3 Å². The average molecular weight is 429 g/mol. The number of nitrogens with zero attached hydrogens (tertiary/aromatic N) is 1. The van der Waals surface area contributed by atoms with Gasteiger partial charge in [-0.15, -0.1) is 0 Å². The number of alkyl halides is 3. The quantitative estimate of drug-likeness (QED) is 0.724. The first-order valence-electron chi connectivity index (χ1n) is 8.90. The second kappa shape index (κ2) is 8.41. The van der Waals surface area contributed by atoms with E-state index >= 15 is 0 Å². The van der Waals surface area contributed by atoms with Gasteiger partial charge in [-0.1, -0.05) is 11.6 Å². The average Bonchev–Trinajstić information content (AvgIpc) is 2.66. The molecule has 0 saturated heterocycles. The summed E-state index contributed by atoms with van der Waals surface area (Å²) in [5.74, 6) is -1.42. The van der Waals surface area contributed by atoms with E-state index in [1.54, 1.807) is 0 Å². The van der Waals surface area contributed by atoms with Gasteiger partial charge in [0.05, 0.1) is 16.1 Å². The highest BCUT2D eigenvalue weighted by Crippen LogP contribution is 2.35. The van der Waals surface area contributed by atoms with E-state index < -0.39 is 23.5 Å². The molecule has 0 radical (unpaired) electrons. The maximum Gasteiger partial charge on any atom is 0.416 e. The SMILES string of the molecule is O=C(NCCC(=O)N1CCCc2cc(C(F)(F)F)ccc21)c1ccc(F)cc1Cl. The van der Waals surface area contributed by atoms with Crippen molar-refractivity contribution >= 4 is 29.1 Å². The Balaban J connectivity index is 1.63. The molecular weight excluding hydrogens is 412 g/mol. The molecule has 0 fully saturated rings. The molecule has 9 heteroatoms. The van der Waals surface area contributed by atoms with Gasteiger partial charge in [0.25, 0.3) is 5.91 Å². The Kier molecular flexibility index (Phi) is 6.12. The Labute approximate surface area is 169 Å². The fourth-order valence-corrected chi connectivity index (χ4v) is 3.47. The molecule has 1 heterocycles. The number of amides is 2. The highest BCUT2D eigenvalue weighted by Gasteiger charge is 2.32. The van der Waals surface area contributed by atoms with Gasteiger partial charge >= 0.3 is 6.18 Å². The Bertz CT molecular complexity index is 947. The summed E-state index contributed by atoms with van der Waals surface area (Å²) in [6, 6.07) is 6.71. The summed E-state index contributed by atoms with van der Waals surface area (Å²) in [4.78, 5) is 26.1. The van der Waals surface area contributed by atoms with Gasteiger partial charge in [0, 0.05) is 25.2 Å². The Morgan fingerprint density at radius 2 is 1.90 bits per heavy atom. The molecule has 29 heavy (non-hydrogen) atoms. The van der Waals surface area contributed by atoms with Gasteiger partial charge in [-0.2, -0.15) is 13.2 Å². The summed E-state index contributed by atoms with van der Waals surface area (Å²) in [5, 5.41) is 2.50. The number of benzene rings is 2. The molecule has 3 rings (SSSR count). The third-order valence-corrected chi connectivity index (χ3v) is 4.94. The van der Waals surface area contributed by atoms with Crippen molar-refractivity contribution in [2.24, 2.45) is 0 Å². The van der Waals surface area contributed by atoms with Crippen LogP contribution in [0.3, 0.4) is 0 Å². The van der Waals surface area contributed by atoms with E-state index in [1.165, 1.54) is 17.0 Å². The molecule has 0 aliphatic carbocycles. The lowest BCUT2D eigenvalue weighted by Gasteiger charge is -2.30. The monoisotopic (exact) mass is 428 g/mol. The molecule has 1 aliphatic rings. The number of fused-ring (bicyclic) bond motifs is 1. The van der Waals surface area contributed by atoms with Crippen molar-refractivity contribution in [2.75, 3.05) is 18.0 Å². The van der Waals surface area contributed by atoms with Crippen molar-refractivity contribution in [2.45, 2.75) is 25.4 Å². The molecule has 0 spiro atoms. The van der Waals surface area contributed by atoms with Crippen LogP contribution in [0.1, 0.15) is 34.3 Å². The molecule has 2 aromatic rings. The fraction of sp³-hybridized carbons (Fsp3) is 0.300. The first kappa shape index (κ1) is 21.1. The maximum atomic E-state index is 13.1. The van der Waals surface area contributed by atoms with Gasteiger partial charge in [0.15, 0.2) is 0 Å². The van der Waals surface area contributed by atoms with Crippen molar-refractivity contribution in [3.8, 4) is 0 Å². The van der Waals surface area contributed by atoms with Gasteiger partial charge < -0.3 is 10.2 Å². The van der Waals surface area contributed by atoms with Crippen LogP contribution in [0.15, 0.2) is 36.4 Å². The summed E-state index contributed by atoms with van der Waals surface area (Å²) in [7, 11) is 0. The summed E-state index contributed by atoms with van der Waals surface area (Å²) >= 11 is 5.83. The molecule has 0 atom stereocenters. The third kappa shape index (κ3) is 4.87. The van der Waals surface area contributed by atoms with E-state index in [-0.39, 0.29) is 29.5 Å². The van der Waals surface area contributed by atoms with Crippen LogP contribution in [0.5, 0.6) is 0 Å². The number of carbonyl (C=O) groups excluding carboxylic acids is 2. The maximum absolute atomic E-state index is 13.1.